The summed E-state index contributed by atoms with van der Waals surface area (Å²) in [6.07, 6.45) is 2.24. The van der Waals surface area contributed by atoms with Crippen molar-refractivity contribution in [3.05, 3.63) is 23.8 Å². The molecule has 0 aliphatic heterocycles. The lowest BCUT2D eigenvalue weighted by Gasteiger charge is -2.08. The van der Waals surface area contributed by atoms with Crippen molar-refractivity contribution in [3.8, 4) is 0 Å². The second-order valence-corrected chi connectivity index (χ2v) is 4.40. The Morgan fingerprint density at radius 2 is 2.20 bits per heavy atom. The Morgan fingerprint density at radius 3 is 2.80 bits per heavy atom. The van der Waals surface area contributed by atoms with Crippen LogP contribution in [0.5, 0.6) is 0 Å². The van der Waals surface area contributed by atoms with Crippen molar-refractivity contribution in [1.82, 2.24) is 0 Å². The van der Waals surface area contributed by atoms with Gasteiger partial charge in [0.05, 0.1) is 5.56 Å². The molecule has 0 spiro atoms. The van der Waals surface area contributed by atoms with Crippen LogP contribution >= 0.6 is 11.8 Å². The van der Waals surface area contributed by atoms with Crippen molar-refractivity contribution in [1.29, 1.82) is 0 Å². The molecule has 3 nitrogen and oxygen atoms in total. The zero-order valence-corrected chi connectivity index (χ0v) is 9.64. The molecule has 0 unspecified atom stereocenters. The fraction of sp³-hybridized carbons (Fsp3) is 0.364. The molecule has 0 saturated carbocycles. The van der Waals surface area contributed by atoms with E-state index in [0.29, 0.717) is 11.3 Å². The number of thioether (sulfide) groups is 1. The van der Waals surface area contributed by atoms with Crippen molar-refractivity contribution in [3.63, 3.8) is 0 Å². The topological polar surface area (TPSA) is 69.1 Å². The van der Waals surface area contributed by atoms with Gasteiger partial charge in [-0.15, -0.1) is 11.8 Å². The third-order valence-electron chi connectivity index (χ3n) is 2.06. The number of nitrogens with two attached hydrogens (primary N) is 2. The molecule has 0 aromatic heterocycles. The molecule has 1 aromatic rings. The lowest BCUT2D eigenvalue weighted by Crippen LogP contribution is -2.13. The number of unbranched alkanes of at least 4 members (excludes halogenated alkanes) is 1. The van der Waals surface area contributed by atoms with Crippen LogP contribution in [0.4, 0.5) is 5.69 Å². The molecule has 0 atom stereocenters. The van der Waals surface area contributed by atoms with Gasteiger partial charge in [0.15, 0.2) is 0 Å². The smallest absolute Gasteiger partial charge is 0.249 e. The first kappa shape index (κ1) is 11.9. The van der Waals surface area contributed by atoms with Gasteiger partial charge in [-0.25, -0.2) is 0 Å². The van der Waals surface area contributed by atoms with Gasteiger partial charge in [-0.05, 0) is 24.3 Å². The molecule has 0 fully saturated rings. The molecule has 15 heavy (non-hydrogen) atoms. The predicted molar refractivity (Wildman–Crippen MR) is 65.0 cm³/mol. The molecule has 1 aromatic carbocycles. The van der Waals surface area contributed by atoms with Crippen LogP contribution in [0, 0.1) is 0 Å². The van der Waals surface area contributed by atoms with Crippen molar-refractivity contribution in [2.75, 3.05) is 11.5 Å². The lowest BCUT2D eigenvalue weighted by molar-refractivity contribution is 0.0997. The molecule has 1 amide bonds. The van der Waals surface area contributed by atoms with Gasteiger partial charge in [0.1, 0.15) is 0 Å². The van der Waals surface area contributed by atoms with Crippen LogP contribution in [-0.2, 0) is 0 Å². The summed E-state index contributed by atoms with van der Waals surface area (Å²) in [4.78, 5) is 12.0. The molecule has 0 heterocycles. The molecule has 0 bridgehead atoms. The quantitative estimate of drug-likeness (QED) is 0.458. The summed E-state index contributed by atoms with van der Waals surface area (Å²) in [5.74, 6) is 0.548. The summed E-state index contributed by atoms with van der Waals surface area (Å²) in [5, 5.41) is 0. The number of hydrogen-bond donors (Lipinski definition) is 2. The summed E-state index contributed by atoms with van der Waals surface area (Å²) in [5.41, 5.74) is 12.2. The van der Waals surface area contributed by atoms with Gasteiger partial charge in [0, 0.05) is 10.6 Å². The van der Waals surface area contributed by atoms with Gasteiger partial charge in [-0.1, -0.05) is 19.4 Å². The Hall–Kier alpha value is -1.16. The number of nitrogen functional groups attached to an aromatic ring is 1. The maximum atomic E-state index is 11.2. The average molecular weight is 224 g/mol. The monoisotopic (exact) mass is 224 g/mol. The molecular formula is C11H16N2OS. The Balaban J connectivity index is 2.87. The van der Waals surface area contributed by atoms with E-state index in [-0.39, 0.29) is 0 Å². The molecule has 0 radical (unpaired) electrons. The number of hydrogen-bond acceptors (Lipinski definition) is 3. The maximum Gasteiger partial charge on any atom is 0.249 e. The predicted octanol–water partition coefficient (Wildman–Crippen LogP) is 2.26. The van der Waals surface area contributed by atoms with E-state index in [1.807, 2.05) is 0 Å². The van der Waals surface area contributed by atoms with E-state index in [4.69, 9.17) is 11.5 Å². The number of anilines is 1. The van der Waals surface area contributed by atoms with Crippen LogP contribution in [0.25, 0.3) is 0 Å². The highest BCUT2D eigenvalue weighted by Crippen LogP contribution is 2.29. The van der Waals surface area contributed by atoms with E-state index in [1.54, 1.807) is 30.0 Å². The van der Waals surface area contributed by atoms with E-state index >= 15 is 0 Å². The average Bonchev–Trinajstić information content (AvgIpc) is 2.20. The fourth-order valence-corrected chi connectivity index (χ4v) is 2.42. The Bertz CT molecular complexity index is 352. The van der Waals surface area contributed by atoms with Crippen LogP contribution in [0.3, 0.4) is 0 Å². The summed E-state index contributed by atoms with van der Waals surface area (Å²) in [6, 6.07) is 5.26. The molecule has 0 aliphatic carbocycles. The molecule has 0 aliphatic rings. The Labute approximate surface area is 94.2 Å². The van der Waals surface area contributed by atoms with Gasteiger partial charge in [0.25, 0.3) is 0 Å². The third-order valence-corrected chi connectivity index (χ3v) is 3.29. The van der Waals surface area contributed by atoms with Gasteiger partial charge >= 0.3 is 0 Å². The summed E-state index contributed by atoms with van der Waals surface area (Å²) < 4.78 is 0. The normalized spacial score (nSPS) is 10.2. The van der Waals surface area contributed by atoms with Gasteiger partial charge in [0.2, 0.25) is 5.91 Å². The highest BCUT2D eigenvalue weighted by atomic mass is 32.2. The van der Waals surface area contributed by atoms with Gasteiger partial charge in [-0.3, -0.25) is 4.79 Å². The van der Waals surface area contributed by atoms with E-state index in [1.165, 1.54) is 0 Å². The van der Waals surface area contributed by atoms with Crippen molar-refractivity contribution in [2.45, 2.75) is 24.7 Å². The second-order valence-electron chi connectivity index (χ2n) is 3.29. The minimum absolute atomic E-state index is 0.415. The van der Waals surface area contributed by atoms with E-state index in [9.17, 15) is 4.79 Å². The number of benzene rings is 1. The molecule has 82 valence electrons. The number of carbonyl (C=O) groups is 1. The second kappa shape index (κ2) is 5.66. The van der Waals surface area contributed by atoms with Gasteiger partial charge in [-0.2, -0.15) is 0 Å². The number of amides is 1. The first-order valence-electron chi connectivity index (χ1n) is 4.98. The molecule has 4 heteroatoms. The Morgan fingerprint density at radius 1 is 1.47 bits per heavy atom. The first-order valence-corrected chi connectivity index (χ1v) is 5.96. The summed E-state index contributed by atoms with van der Waals surface area (Å²) >= 11 is 1.60. The largest absolute Gasteiger partial charge is 0.398 e. The number of carbonyl (C=O) groups excluding carboxylic acids is 1. The summed E-state index contributed by atoms with van der Waals surface area (Å²) in [7, 11) is 0. The minimum atomic E-state index is -0.415. The van der Waals surface area contributed by atoms with Crippen molar-refractivity contribution < 1.29 is 4.79 Å². The number of rotatable bonds is 5. The molecule has 0 saturated heterocycles. The summed E-state index contributed by atoms with van der Waals surface area (Å²) in [6.45, 7) is 2.13. The van der Waals surface area contributed by atoms with Crippen LogP contribution < -0.4 is 11.5 Å². The van der Waals surface area contributed by atoms with Crippen LogP contribution in [0.2, 0.25) is 0 Å². The van der Waals surface area contributed by atoms with E-state index in [2.05, 4.69) is 6.92 Å². The van der Waals surface area contributed by atoms with Crippen LogP contribution in [-0.4, -0.2) is 11.7 Å². The fourth-order valence-electron chi connectivity index (χ4n) is 1.23. The zero-order valence-electron chi connectivity index (χ0n) is 8.82. The van der Waals surface area contributed by atoms with Crippen molar-refractivity contribution >= 4 is 23.4 Å². The molecule has 4 N–H and O–H groups in total. The maximum absolute atomic E-state index is 11.2. The van der Waals surface area contributed by atoms with Crippen molar-refractivity contribution in [2.24, 2.45) is 5.73 Å². The van der Waals surface area contributed by atoms with Crippen LogP contribution in [0.1, 0.15) is 30.1 Å². The number of primary amides is 1. The molecule has 1 rings (SSSR count). The Kier molecular flexibility index (Phi) is 4.49. The SMILES string of the molecule is CCCCSc1c(N)cccc1C(N)=O. The third kappa shape index (κ3) is 3.16. The first-order chi connectivity index (χ1) is 7.16. The lowest BCUT2D eigenvalue weighted by atomic mass is 10.2. The van der Waals surface area contributed by atoms with E-state index < -0.39 is 5.91 Å². The zero-order chi connectivity index (χ0) is 11.3. The highest BCUT2D eigenvalue weighted by Gasteiger charge is 2.10. The standard InChI is InChI=1S/C11H16N2OS/c1-2-3-7-15-10-8(11(13)14)5-4-6-9(10)12/h4-6H,2-3,7,12H2,1H3,(H2,13,14). The van der Waals surface area contributed by atoms with Crippen LogP contribution in [0.15, 0.2) is 23.1 Å². The highest BCUT2D eigenvalue weighted by molar-refractivity contribution is 7.99. The molecular weight excluding hydrogens is 208 g/mol. The van der Waals surface area contributed by atoms with E-state index in [0.717, 1.165) is 23.5 Å². The minimum Gasteiger partial charge on any atom is -0.398 e. The van der Waals surface area contributed by atoms with Gasteiger partial charge < -0.3 is 11.5 Å².